The first-order valence-electron chi connectivity index (χ1n) is 7.27. The summed E-state index contributed by atoms with van der Waals surface area (Å²) in [4.78, 5) is 30.1. The third-order valence-corrected chi connectivity index (χ3v) is 4.47. The number of rotatable bonds is 5. The molecule has 1 aliphatic rings. The van der Waals surface area contributed by atoms with Crippen LogP contribution in [0.3, 0.4) is 0 Å². The van der Waals surface area contributed by atoms with Gasteiger partial charge in [-0.05, 0) is 17.7 Å². The summed E-state index contributed by atoms with van der Waals surface area (Å²) in [5, 5.41) is 5.12. The lowest BCUT2D eigenvalue weighted by molar-refractivity contribution is -0.128. The quantitative estimate of drug-likeness (QED) is 0.911. The number of benzene rings is 1. The first-order chi connectivity index (χ1) is 11.2. The van der Waals surface area contributed by atoms with Gasteiger partial charge in [-0.15, -0.1) is 11.3 Å². The molecule has 1 fully saturated rings. The van der Waals surface area contributed by atoms with Gasteiger partial charge < -0.3 is 15.0 Å². The van der Waals surface area contributed by atoms with E-state index in [2.05, 4.69) is 10.3 Å². The van der Waals surface area contributed by atoms with Gasteiger partial charge in [-0.2, -0.15) is 0 Å². The molecular formula is C16H17N3O3S. The molecule has 1 atom stereocenters. The summed E-state index contributed by atoms with van der Waals surface area (Å²) in [5.74, 6) is 0.303. The number of aromatic nitrogens is 1. The Balaban J connectivity index is 1.59. The number of thiazole rings is 1. The number of carbonyl (C=O) groups excluding carboxylic acids is 2. The van der Waals surface area contributed by atoms with Crippen LogP contribution in [0.5, 0.6) is 5.75 Å². The average Bonchev–Trinajstić information content (AvgIpc) is 3.18. The van der Waals surface area contributed by atoms with Crippen molar-refractivity contribution in [2.75, 3.05) is 19.0 Å². The fourth-order valence-electron chi connectivity index (χ4n) is 2.54. The molecule has 3 rings (SSSR count). The van der Waals surface area contributed by atoms with E-state index in [9.17, 15) is 9.59 Å². The van der Waals surface area contributed by atoms with E-state index in [1.165, 1.54) is 11.3 Å². The molecule has 1 N–H and O–H groups in total. The van der Waals surface area contributed by atoms with E-state index >= 15 is 0 Å². The Kier molecular flexibility index (Phi) is 4.57. The first-order valence-corrected chi connectivity index (χ1v) is 8.14. The molecule has 1 aliphatic heterocycles. The summed E-state index contributed by atoms with van der Waals surface area (Å²) in [6, 6.07) is 7.58. The number of hydrogen-bond acceptors (Lipinski definition) is 5. The molecule has 0 bridgehead atoms. The van der Waals surface area contributed by atoms with Crippen molar-refractivity contribution in [3.63, 3.8) is 0 Å². The van der Waals surface area contributed by atoms with Crippen LogP contribution in [-0.4, -0.2) is 35.4 Å². The zero-order valence-corrected chi connectivity index (χ0v) is 13.5. The molecule has 0 radical (unpaired) electrons. The second kappa shape index (κ2) is 6.78. The van der Waals surface area contributed by atoms with Crippen LogP contribution in [0.4, 0.5) is 5.13 Å². The Morgan fingerprint density at radius 1 is 1.43 bits per heavy atom. The van der Waals surface area contributed by atoms with E-state index in [0.717, 1.165) is 11.3 Å². The van der Waals surface area contributed by atoms with Crippen LogP contribution in [0.15, 0.2) is 35.8 Å². The minimum Gasteiger partial charge on any atom is -0.497 e. The largest absolute Gasteiger partial charge is 0.497 e. The zero-order chi connectivity index (χ0) is 16.2. The minimum atomic E-state index is -0.329. The van der Waals surface area contributed by atoms with Gasteiger partial charge in [0, 0.05) is 31.1 Å². The highest BCUT2D eigenvalue weighted by Gasteiger charge is 2.34. The average molecular weight is 331 g/mol. The molecule has 1 aromatic carbocycles. The number of amides is 2. The van der Waals surface area contributed by atoms with Crippen molar-refractivity contribution < 1.29 is 14.3 Å². The predicted octanol–water partition coefficient (Wildman–Crippen LogP) is 2.14. The number of likely N-dealkylation sites (tertiary alicyclic amines) is 1. The van der Waals surface area contributed by atoms with Crippen LogP contribution in [0.25, 0.3) is 0 Å². The predicted molar refractivity (Wildman–Crippen MR) is 87.3 cm³/mol. The topological polar surface area (TPSA) is 71.5 Å². The molecule has 120 valence electrons. The summed E-state index contributed by atoms with van der Waals surface area (Å²) < 4.78 is 5.12. The Hall–Kier alpha value is -2.41. The van der Waals surface area contributed by atoms with Gasteiger partial charge >= 0.3 is 0 Å². The third kappa shape index (κ3) is 3.68. The number of nitrogens with zero attached hydrogens (tertiary/aromatic N) is 2. The molecule has 7 heteroatoms. The Bertz CT molecular complexity index is 685. The van der Waals surface area contributed by atoms with E-state index in [-0.39, 0.29) is 24.2 Å². The molecule has 23 heavy (non-hydrogen) atoms. The smallest absolute Gasteiger partial charge is 0.231 e. The van der Waals surface area contributed by atoms with E-state index in [4.69, 9.17) is 4.74 Å². The Morgan fingerprint density at radius 2 is 2.22 bits per heavy atom. The van der Waals surface area contributed by atoms with Gasteiger partial charge in [-0.25, -0.2) is 4.98 Å². The fraction of sp³-hybridized carbons (Fsp3) is 0.312. The van der Waals surface area contributed by atoms with Crippen LogP contribution in [0, 0.1) is 5.92 Å². The molecule has 0 saturated carbocycles. The van der Waals surface area contributed by atoms with Crippen LogP contribution >= 0.6 is 11.3 Å². The molecule has 1 unspecified atom stereocenters. The second-order valence-electron chi connectivity index (χ2n) is 5.35. The van der Waals surface area contributed by atoms with Crippen LogP contribution < -0.4 is 10.1 Å². The SMILES string of the molecule is COc1ccc(CN2CC(C(=O)Nc3nccs3)CC2=O)cc1. The van der Waals surface area contributed by atoms with Crippen molar-refractivity contribution in [1.29, 1.82) is 0 Å². The highest BCUT2D eigenvalue weighted by Crippen LogP contribution is 2.23. The third-order valence-electron chi connectivity index (χ3n) is 3.78. The maximum atomic E-state index is 12.2. The van der Waals surface area contributed by atoms with E-state index in [1.807, 2.05) is 24.3 Å². The number of methoxy groups -OCH3 is 1. The van der Waals surface area contributed by atoms with E-state index in [0.29, 0.717) is 18.2 Å². The van der Waals surface area contributed by atoms with Gasteiger partial charge in [0.05, 0.1) is 13.0 Å². The number of hydrogen-bond donors (Lipinski definition) is 1. The normalized spacial score (nSPS) is 17.3. The van der Waals surface area contributed by atoms with Crippen molar-refractivity contribution in [3.8, 4) is 5.75 Å². The summed E-state index contributed by atoms with van der Waals surface area (Å²) in [7, 11) is 1.62. The Labute approximate surface area is 138 Å². The lowest BCUT2D eigenvalue weighted by atomic mass is 10.1. The van der Waals surface area contributed by atoms with Crippen molar-refractivity contribution in [2.45, 2.75) is 13.0 Å². The number of ether oxygens (including phenoxy) is 1. The molecule has 0 spiro atoms. The summed E-state index contributed by atoms with van der Waals surface area (Å²) >= 11 is 1.36. The summed E-state index contributed by atoms with van der Waals surface area (Å²) in [6.07, 6.45) is 1.88. The molecule has 6 nitrogen and oxygen atoms in total. The molecule has 2 amide bonds. The number of nitrogens with one attached hydrogen (secondary N) is 1. The lowest BCUT2D eigenvalue weighted by Crippen LogP contribution is -2.28. The number of carbonyl (C=O) groups is 2. The minimum absolute atomic E-state index is 0.0000989. The second-order valence-corrected chi connectivity index (χ2v) is 6.24. The van der Waals surface area contributed by atoms with Crippen molar-refractivity contribution in [2.24, 2.45) is 5.92 Å². The summed E-state index contributed by atoms with van der Waals surface area (Å²) in [6.45, 7) is 0.936. The molecule has 2 aromatic rings. The lowest BCUT2D eigenvalue weighted by Gasteiger charge is -2.16. The standard InChI is InChI=1S/C16H17N3O3S/c1-22-13-4-2-11(3-5-13)9-19-10-12(8-14(19)20)15(21)18-16-17-6-7-23-16/h2-7,12H,8-10H2,1H3,(H,17,18,21). The molecule has 2 heterocycles. The molecule has 1 aromatic heterocycles. The first kappa shape index (κ1) is 15.5. The number of anilines is 1. The molecule has 0 aliphatic carbocycles. The fourth-order valence-corrected chi connectivity index (χ4v) is 3.08. The maximum absolute atomic E-state index is 12.2. The molecular weight excluding hydrogens is 314 g/mol. The van der Waals surface area contributed by atoms with Gasteiger partial charge in [-0.3, -0.25) is 9.59 Å². The van der Waals surface area contributed by atoms with Gasteiger partial charge in [0.2, 0.25) is 11.8 Å². The van der Waals surface area contributed by atoms with Gasteiger partial charge in [0.1, 0.15) is 5.75 Å². The highest BCUT2D eigenvalue weighted by atomic mass is 32.1. The summed E-state index contributed by atoms with van der Waals surface area (Å²) in [5.41, 5.74) is 1.01. The van der Waals surface area contributed by atoms with Gasteiger partial charge in [-0.1, -0.05) is 12.1 Å². The maximum Gasteiger partial charge on any atom is 0.231 e. The monoisotopic (exact) mass is 331 g/mol. The van der Waals surface area contributed by atoms with Crippen molar-refractivity contribution >= 4 is 28.3 Å². The highest BCUT2D eigenvalue weighted by molar-refractivity contribution is 7.13. The Morgan fingerprint density at radius 3 is 2.87 bits per heavy atom. The van der Waals surface area contributed by atoms with E-state index < -0.39 is 0 Å². The van der Waals surface area contributed by atoms with Crippen LogP contribution in [0.1, 0.15) is 12.0 Å². The van der Waals surface area contributed by atoms with Crippen LogP contribution in [0.2, 0.25) is 0 Å². The van der Waals surface area contributed by atoms with Gasteiger partial charge in [0.15, 0.2) is 5.13 Å². The van der Waals surface area contributed by atoms with Crippen molar-refractivity contribution in [1.82, 2.24) is 9.88 Å². The van der Waals surface area contributed by atoms with E-state index in [1.54, 1.807) is 23.6 Å². The molecule has 1 saturated heterocycles. The zero-order valence-electron chi connectivity index (χ0n) is 12.7. The van der Waals surface area contributed by atoms with Gasteiger partial charge in [0.25, 0.3) is 0 Å². The van der Waals surface area contributed by atoms with Crippen LogP contribution in [-0.2, 0) is 16.1 Å². The van der Waals surface area contributed by atoms with Crippen molar-refractivity contribution in [3.05, 3.63) is 41.4 Å².